The molecular formula is C15H29N3O. The summed E-state index contributed by atoms with van der Waals surface area (Å²) < 4.78 is 7.61. The van der Waals surface area contributed by atoms with E-state index < -0.39 is 0 Å². The maximum absolute atomic E-state index is 5.68. The van der Waals surface area contributed by atoms with Crippen LogP contribution in [-0.4, -0.2) is 28.5 Å². The van der Waals surface area contributed by atoms with Gasteiger partial charge in [-0.1, -0.05) is 6.92 Å². The van der Waals surface area contributed by atoms with Crippen LogP contribution in [0.3, 0.4) is 0 Å². The van der Waals surface area contributed by atoms with Gasteiger partial charge in [-0.25, -0.2) is 0 Å². The molecule has 1 aromatic rings. The van der Waals surface area contributed by atoms with Crippen LogP contribution in [0, 0.1) is 0 Å². The molecule has 4 heteroatoms. The molecule has 0 aliphatic heterocycles. The summed E-state index contributed by atoms with van der Waals surface area (Å²) in [6, 6.07) is 0. The Morgan fingerprint density at radius 2 is 2.05 bits per heavy atom. The summed E-state index contributed by atoms with van der Waals surface area (Å²) in [5.74, 6) is 0.890. The molecule has 19 heavy (non-hydrogen) atoms. The molecule has 0 aromatic carbocycles. The minimum Gasteiger partial charge on any atom is -0.490 e. The van der Waals surface area contributed by atoms with Gasteiger partial charge in [0.15, 0.2) is 5.75 Å². The summed E-state index contributed by atoms with van der Waals surface area (Å²) in [5.41, 5.74) is 0.227. The predicted octanol–water partition coefficient (Wildman–Crippen LogP) is 3.23. The third-order valence-corrected chi connectivity index (χ3v) is 2.81. The van der Waals surface area contributed by atoms with Crippen molar-refractivity contribution in [2.75, 3.05) is 13.2 Å². The van der Waals surface area contributed by atoms with Crippen LogP contribution in [-0.2, 0) is 6.54 Å². The molecule has 0 atom stereocenters. The van der Waals surface area contributed by atoms with Crippen molar-refractivity contribution in [2.24, 2.45) is 0 Å². The zero-order chi connectivity index (χ0) is 14.1. The Morgan fingerprint density at radius 3 is 2.74 bits per heavy atom. The quantitative estimate of drug-likeness (QED) is 0.698. The third kappa shape index (κ3) is 7.88. The maximum Gasteiger partial charge on any atom is 0.157 e. The summed E-state index contributed by atoms with van der Waals surface area (Å²) in [6.07, 6.45) is 8.38. The zero-order valence-corrected chi connectivity index (χ0v) is 12.9. The molecule has 1 aromatic heterocycles. The van der Waals surface area contributed by atoms with E-state index in [1.807, 2.05) is 10.9 Å². The van der Waals surface area contributed by atoms with E-state index in [2.05, 4.69) is 38.1 Å². The van der Waals surface area contributed by atoms with Crippen molar-refractivity contribution in [3.05, 3.63) is 12.4 Å². The molecule has 1 rings (SSSR count). The SMILES string of the molecule is CCCn1cc(OCCCCCNC(C)(C)C)cn1. The van der Waals surface area contributed by atoms with Gasteiger partial charge in [0.1, 0.15) is 0 Å². The Hall–Kier alpha value is -1.03. The average molecular weight is 267 g/mol. The molecular weight excluding hydrogens is 238 g/mol. The highest BCUT2D eigenvalue weighted by atomic mass is 16.5. The molecule has 0 spiro atoms. The number of hydrogen-bond acceptors (Lipinski definition) is 3. The van der Waals surface area contributed by atoms with Crippen LogP contribution >= 0.6 is 0 Å². The first kappa shape index (κ1) is 16.0. The molecule has 0 unspecified atom stereocenters. The lowest BCUT2D eigenvalue weighted by Crippen LogP contribution is -2.36. The van der Waals surface area contributed by atoms with Gasteiger partial charge in [0.2, 0.25) is 0 Å². The van der Waals surface area contributed by atoms with Crippen LogP contribution in [0.4, 0.5) is 0 Å². The molecule has 0 fully saturated rings. The number of hydrogen-bond donors (Lipinski definition) is 1. The average Bonchev–Trinajstić information content (AvgIpc) is 2.75. The summed E-state index contributed by atoms with van der Waals surface area (Å²) in [7, 11) is 0. The van der Waals surface area contributed by atoms with E-state index in [-0.39, 0.29) is 5.54 Å². The predicted molar refractivity (Wildman–Crippen MR) is 79.6 cm³/mol. The van der Waals surface area contributed by atoms with Crippen molar-refractivity contribution in [1.82, 2.24) is 15.1 Å². The number of nitrogens with zero attached hydrogens (tertiary/aromatic N) is 2. The fraction of sp³-hybridized carbons (Fsp3) is 0.800. The minimum atomic E-state index is 0.227. The highest BCUT2D eigenvalue weighted by molar-refractivity contribution is 5.11. The van der Waals surface area contributed by atoms with E-state index >= 15 is 0 Å². The van der Waals surface area contributed by atoms with Gasteiger partial charge in [-0.05, 0) is 53.0 Å². The lowest BCUT2D eigenvalue weighted by atomic mass is 10.1. The van der Waals surface area contributed by atoms with E-state index in [4.69, 9.17) is 4.74 Å². The van der Waals surface area contributed by atoms with Crippen molar-refractivity contribution >= 4 is 0 Å². The molecule has 1 N–H and O–H groups in total. The number of nitrogens with one attached hydrogen (secondary N) is 1. The monoisotopic (exact) mass is 267 g/mol. The number of aromatic nitrogens is 2. The molecule has 0 aliphatic carbocycles. The molecule has 0 saturated carbocycles. The minimum absolute atomic E-state index is 0.227. The maximum atomic E-state index is 5.68. The Morgan fingerprint density at radius 1 is 1.26 bits per heavy atom. The summed E-state index contributed by atoms with van der Waals surface area (Å²) >= 11 is 0. The van der Waals surface area contributed by atoms with Gasteiger partial charge in [-0.3, -0.25) is 4.68 Å². The Balaban J connectivity index is 2.01. The Labute approximate surface area is 117 Å². The van der Waals surface area contributed by atoms with Crippen LogP contribution in [0.2, 0.25) is 0 Å². The number of ether oxygens (including phenoxy) is 1. The first-order valence-electron chi connectivity index (χ1n) is 7.41. The second kappa shape index (κ2) is 8.20. The first-order valence-corrected chi connectivity index (χ1v) is 7.41. The second-order valence-electron chi connectivity index (χ2n) is 6.03. The van der Waals surface area contributed by atoms with Gasteiger partial charge in [-0.2, -0.15) is 5.10 Å². The highest BCUT2D eigenvalue weighted by Crippen LogP contribution is 2.09. The number of rotatable bonds is 9. The van der Waals surface area contributed by atoms with E-state index in [0.29, 0.717) is 0 Å². The van der Waals surface area contributed by atoms with Gasteiger partial charge in [0.25, 0.3) is 0 Å². The smallest absolute Gasteiger partial charge is 0.157 e. The van der Waals surface area contributed by atoms with E-state index in [9.17, 15) is 0 Å². The molecule has 0 radical (unpaired) electrons. The molecule has 0 aliphatic rings. The van der Waals surface area contributed by atoms with Crippen LogP contribution in [0.15, 0.2) is 12.4 Å². The van der Waals surface area contributed by atoms with E-state index in [1.165, 1.54) is 12.8 Å². The van der Waals surface area contributed by atoms with Gasteiger partial charge >= 0.3 is 0 Å². The fourth-order valence-corrected chi connectivity index (χ4v) is 1.83. The van der Waals surface area contributed by atoms with E-state index in [1.54, 1.807) is 6.20 Å². The van der Waals surface area contributed by atoms with Crippen LogP contribution in [0.1, 0.15) is 53.4 Å². The van der Waals surface area contributed by atoms with Crippen molar-refractivity contribution < 1.29 is 4.74 Å². The lowest BCUT2D eigenvalue weighted by molar-refractivity contribution is 0.302. The molecule has 1 heterocycles. The Kier molecular flexibility index (Phi) is 6.92. The fourth-order valence-electron chi connectivity index (χ4n) is 1.83. The van der Waals surface area contributed by atoms with Gasteiger partial charge in [-0.15, -0.1) is 0 Å². The molecule has 110 valence electrons. The summed E-state index contributed by atoms with van der Waals surface area (Å²) in [5, 5.41) is 7.74. The van der Waals surface area contributed by atoms with Crippen molar-refractivity contribution in [2.45, 2.75) is 65.5 Å². The Bertz CT molecular complexity index is 341. The van der Waals surface area contributed by atoms with Crippen molar-refractivity contribution in [3.8, 4) is 5.75 Å². The third-order valence-electron chi connectivity index (χ3n) is 2.81. The van der Waals surface area contributed by atoms with Crippen molar-refractivity contribution in [1.29, 1.82) is 0 Å². The summed E-state index contributed by atoms with van der Waals surface area (Å²) in [4.78, 5) is 0. The van der Waals surface area contributed by atoms with Gasteiger partial charge in [0, 0.05) is 12.1 Å². The van der Waals surface area contributed by atoms with Gasteiger partial charge < -0.3 is 10.1 Å². The molecule has 4 nitrogen and oxygen atoms in total. The second-order valence-corrected chi connectivity index (χ2v) is 6.03. The zero-order valence-electron chi connectivity index (χ0n) is 12.9. The van der Waals surface area contributed by atoms with E-state index in [0.717, 1.165) is 38.3 Å². The standard InChI is InChI=1S/C15H29N3O/c1-5-10-18-13-14(12-17-18)19-11-8-6-7-9-16-15(2,3)4/h12-13,16H,5-11H2,1-4H3. The molecule has 0 saturated heterocycles. The van der Waals surface area contributed by atoms with Gasteiger partial charge in [0.05, 0.1) is 19.0 Å². The van der Waals surface area contributed by atoms with Crippen LogP contribution in [0.25, 0.3) is 0 Å². The highest BCUT2D eigenvalue weighted by Gasteiger charge is 2.06. The normalized spacial score (nSPS) is 11.8. The molecule has 0 amide bonds. The van der Waals surface area contributed by atoms with Crippen LogP contribution in [0.5, 0.6) is 5.75 Å². The van der Waals surface area contributed by atoms with Crippen molar-refractivity contribution in [3.63, 3.8) is 0 Å². The summed E-state index contributed by atoms with van der Waals surface area (Å²) in [6.45, 7) is 11.6. The number of unbranched alkanes of at least 4 members (excludes halogenated alkanes) is 2. The largest absolute Gasteiger partial charge is 0.490 e. The number of aryl methyl sites for hydroxylation is 1. The lowest BCUT2D eigenvalue weighted by Gasteiger charge is -2.20. The molecule has 0 bridgehead atoms. The van der Waals surface area contributed by atoms with Crippen LogP contribution < -0.4 is 10.1 Å². The topological polar surface area (TPSA) is 39.1 Å². The first-order chi connectivity index (χ1) is 9.01.